The number of amides is 3. The van der Waals surface area contributed by atoms with Gasteiger partial charge in [-0.1, -0.05) is 12.1 Å². The number of rotatable bonds is 10. The quantitative estimate of drug-likeness (QED) is 0.176. The monoisotopic (exact) mass is 780 g/mol. The lowest BCUT2D eigenvalue weighted by molar-refractivity contribution is -0.134. The number of benzene rings is 1. The third-order valence-electron chi connectivity index (χ3n) is 11.2. The molecule has 4 aromatic heterocycles. The Morgan fingerprint density at radius 3 is 2.53 bits per heavy atom. The van der Waals surface area contributed by atoms with Crippen LogP contribution in [0.2, 0.25) is 0 Å². The summed E-state index contributed by atoms with van der Waals surface area (Å²) in [5.74, 6) is -0.961. The molecule has 7 heterocycles. The maximum Gasteiger partial charge on any atom is 0.294 e. The van der Waals surface area contributed by atoms with E-state index >= 15 is 4.39 Å². The molecule has 0 saturated carbocycles. The van der Waals surface area contributed by atoms with E-state index < -0.39 is 17.3 Å². The highest BCUT2D eigenvalue weighted by molar-refractivity contribution is 6.03. The summed E-state index contributed by atoms with van der Waals surface area (Å²) in [5.41, 5.74) is 3.27. The number of ether oxygens (including phenoxy) is 1. The number of hydrogen-bond donors (Lipinski definition) is 3. The minimum absolute atomic E-state index is 0.00487. The molecule has 5 aromatic rings. The summed E-state index contributed by atoms with van der Waals surface area (Å²) < 4.78 is 23.7. The molecule has 0 spiro atoms. The number of pyridine rings is 2. The Morgan fingerprint density at radius 2 is 1.77 bits per heavy atom. The van der Waals surface area contributed by atoms with Gasteiger partial charge in [0.1, 0.15) is 5.65 Å². The summed E-state index contributed by atoms with van der Waals surface area (Å²) in [6.07, 6.45) is 5.54. The predicted molar refractivity (Wildman–Crippen MR) is 211 cm³/mol. The predicted octanol–water partition coefficient (Wildman–Crippen LogP) is 2.18. The molecular formula is C39H45FN12O5. The third-order valence-corrected chi connectivity index (χ3v) is 11.2. The first-order chi connectivity index (χ1) is 27.6. The number of piperidine rings is 2. The lowest BCUT2D eigenvalue weighted by Gasteiger charge is -2.39. The average Bonchev–Trinajstić information content (AvgIpc) is 3.55. The SMILES string of the molecule is CNC(=O)COc1cc2cc(Nc3nc(N4CCN(CC5CCN(c6cccc7c(C8CCC(=O)NC8=O)nn(C)c67)CC5)CC4)ncc3F)cnc2n(C)c1=O. The van der Waals surface area contributed by atoms with E-state index in [2.05, 4.69) is 51.7 Å². The van der Waals surface area contributed by atoms with Gasteiger partial charge in [-0.3, -0.25) is 38.6 Å². The van der Waals surface area contributed by atoms with Gasteiger partial charge in [-0.05, 0) is 43.4 Å². The molecule has 3 aliphatic heterocycles. The first kappa shape index (κ1) is 37.7. The summed E-state index contributed by atoms with van der Waals surface area (Å²) >= 11 is 0. The highest BCUT2D eigenvalue weighted by atomic mass is 19.1. The smallest absolute Gasteiger partial charge is 0.294 e. The topological polar surface area (TPSA) is 185 Å². The number of piperazine rings is 1. The van der Waals surface area contributed by atoms with Crippen molar-refractivity contribution in [2.75, 3.05) is 74.6 Å². The van der Waals surface area contributed by atoms with Gasteiger partial charge in [-0.15, -0.1) is 0 Å². The number of halogens is 1. The zero-order valence-corrected chi connectivity index (χ0v) is 32.1. The Labute approximate surface area is 327 Å². The molecule has 8 rings (SSSR count). The van der Waals surface area contributed by atoms with Gasteiger partial charge in [-0.25, -0.2) is 14.4 Å². The lowest BCUT2D eigenvalue weighted by Crippen LogP contribution is -2.49. The van der Waals surface area contributed by atoms with Gasteiger partial charge >= 0.3 is 0 Å². The standard InChI is InChI=1S/C39H45FN12O5/c1-41-32(54)22-57-30-18-24-17-25(19-42-36(24)48(2)38(30)56)44-35-28(40)20-43-39(46-35)52-15-13-50(14-16-52)21-23-9-11-51(12-10-23)29-6-4-5-26-33(47-49(3)34(26)29)27-7-8-31(53)45-37(27)55/h4-6,17-20,23,27H,7-16,21-22H2,1-3H3,(H,41,54)(H,43,44,46)(H,45,53,55). The molecule has 1 unspecified atom stereocenters. The minimum atomic E-state index is -0.617. The van der Waals surface area contributed by atoms with Crippen molar-refractivity contribution in [3.8, 4) is 5.75 Å². The number of nitrogens with one attached hydrogen (secondary N) is 3. The number of carbonyl (C=O) groups is 3. The Kier molecular flexibility index (Phi) is 10.4. The van der Waals surface area contributed by atoms with Gasteiger partial charge in [0.2, 0.25) is 17.8 Å². The van der Waals surface area contributed by atoms with Crippen LogP contribution >= 0.6 is 0 Å². The molecule has 3 fully saturated rings. The van der Waals surface area contributed by atoms with E-state index in [9.17, 15) is 19.2 Å². The fourth-order valence-corrected chi connectivity index (χ4v) is 8.11. The molecule has 1 atom stereocenters. The van der Waals surface area contributed by atoms with Crippen LogP contribution in [0.25, 0.3) is 21.9 Å². The average molecular weight is 781 g/mol. The first-order valence-electron chi connectivity index (χ1n) is 19.2. The molecule has 3 N–H and O–H groups in total. The Hall–Kier alpha value is -6.17. The lowest BCUT2D eigenvalue weighted by atomic mass is 9.92. The summed E-state index contributed by atoms with van der Waals surface area (Å²) in [7, 11) is 4.96. The van der Waals surface area contributed by atoms with Crippen molar-refractivity contribution in [1.82, 2.24) is 44.8 Å². The van der Waals surface area contributed by atoms with Crippen molar-refractivity contribution in [1.29, 1.82) is 0 Å². The molecule has 3 saturated heterocycles. The summed E-state index contributed by atoms with van der Waals surface area (Å²) in [6.45, 7) is 5.58. The number of anilines is 4. The molecule has 17 nitrogen and oxygen atoms in total. The van der Waals surface area contributed by atoms with Gasteiger partial charge in [0.15, 0.2) is 24.0 Å². The molecule has 0 radical (unpaired) electrons. The highest BCUT2D eigenvalue weighted by Crippen LogP contribution is 2.36. The number of carbonyl (C=O) groups excluding carboxylic acids is 3. The fraction of sp³-hybridized carbons (Fsp3) is 0.436. The molecule has 18 heteroatoms. The molecule has 0 bridgehead atoms. The Bertz CT molecular complexity index is 2420. The van der Waals surface area contributed by atoms with Gasteiger partial charge in [0, 0.05) is 84.1 Å². The van der Waals surface area contributed by atoms with Gasteiger partial charge < -0.3 is 25.2 Å². The minimum Gasteiger partial charge on any atom is -0.478 e. The van der Waals surface area contributed by atoms with Crippen LogP contribution in [0.4, 0.5) is 27.5 Å². The molecule has 3 amide bonds. The van der Waals surface area contributed by atoms with E-state index in [1.54, 1.807) is 13.1 Å². The molecule has 0 aliphatic carbocycles. The second-order valence-electron chi connectivity index (χ2n) is 14.9. The van der Waals surface area contributed by atoms with Crippen molar-refractivity contribution in [2.45, 2.75) is 31.6 Å². The summed E-state index contributed by atoms with van der Waals surface area (Å²) in [5, 5.41) is 14.2. The van der Waals surface area contributed by atoms with Crippen molar-refractivity contribution < 1.29 is 23.5 Å². The maximum atomic E-state index is 15.0. The molecule has 57 heavy (non-hydrogen) atoms. The van der Waals surface area contributed by atoms with E-state index in [1.165, 1.54) is 23.9 Å². The molecule has 298 valence electrons. The summed E-state index contributed by atoms with van der Waals surface area (Å²) in [6, 6.07) is 9.39. The van der Waals surface area contributed by atoms with Crippen molar-refractivity contribution >= 4 is 62.8 Å². The van der Waals surface area contributed by atoms with Crippen LogP contribution in [-0.2, 0) is 28.5 Å². The van der Waals surface area contributed by atoms with Gasteiger partial charge in [-0.2, -0.15) is 10.1 Å². The van der Waals surface area contributed by atoms with Crippen LogP contribution in [0, 0.1) is 11.7 Å². The van der Waals surface area contributed by atoms with Crippen LogP contribution in [0.5, 0.6) is 5.75 Å². The van der Waals surface area contributed by atoms with E-state index in [4.69, 9.17) is 9.84 Å². The van der Waals surface area contributed by atoms with Crippen molar-refractivity contribution in [3.05, 3.63) is 64.6 Å². The Balaban J connectivity index is 0.866. The van der Waals surface area contributed by atoms with Gasteiger partial charge in [0.05, 0.1) is 40.9 Å². The number of likely N-dealkylation sites (N-methyl/N-ethyl adjacent to an activating group) is 1. The van der Waals surface area contributed by atoms with Crippen LogP contribution < -0.4 is 36.0 Å². The maximum absolute atomic E-state index is 15.0. The van der Waals surface area contributed by atoms with Crippen LogP contribution in [0.1, 0.15) is 37.3 Å². The first-order valence-corrected chi connectivity index (χ1v) is 19.2. The number of para-hydroxylation sites is 1. The number of nitrogens with zero attached hydrogens (tertiary/aromatic N) is 9. The molecular weight excluding hydrogens is 736 g/mol. The number of aromatic nitrogens is 6. The van der Waals surface area contributed by atoms with Crippen LogP contribution in [0.3, 0.4) is 0 Å². The second-order valence-corrected chi connectivity index (χ2v) is 14.9. The summed E-state index contributed by atoms with van der Waals surface area (Å²) in [4.78, 5) is 69.0. The fourth-order valence-electron chi connectivity index (χ4n) is 8.11. The zero-order valence-electron chi connectivity index (χ0n) is 32.1. The molecule has 3 aliphatic rings. The molecule has 1 aromatic carbocycles. The van der Waals surface area contributed by atoms with Crippen molar-refractivity contribution in [2.24, 2.45) is 20.0 Å². The highest BCUT2D eigenvalue weighted by Gasteiger charge is 2.33. The number of aryl methyl sites for hydroxylation is 2. The zero-order chi connectivity index (χ0) is 39.8. The second kappa shape index (κ2) is 15.8. The van der Waals surface area contributed by atoms with Crippen LogP contribution in [-0.4, -0.2) is 111 Å². The van der Waals surface area contributed by atoms with E-state index in [1.807, 2.05) is 23.9 Å². The van der Waals surface area contributed by atoms with Gasteiger partial charge in [0.25, 0.3) is 11.5 Å². The number of imide groups is 1. The normalized spacial score (nSPS) is 18.3. The van der Waals surface area contributed by atoms with E-state index in [0.717, 1.165) is 74.0 Å². The van der Waals surface area contributed by atoms with E-state index in [-0.39, 0.29) is 35.9 Å². The number of fused-ring (bicyclic) bond motifs is 2. The van der Waals surface area contributed by atoms with Crippen LogP contribution in [0.15, 0.2) is 47.5 Å². The van der Waals surface area contributed by atoms with Crippen molar-refractivity contribution in [3.63, 3.8) is 0 Å². The number of hydrogen-bond acceptors (Lipinski definition) is 13. The van der Waals surface area contributed by atoms with E-state index in [0.29, 0.717) is 54.5 Å². The third kappa shape index (κ3) is 7.68. The largest absolute Gasteiger partial charge is 0.478 e. The Morgan fingerprint density at radius 1 is 0.982 bits per heavy atom.